The van der Waals surface area contributed by atoms with E-state index in [2.05, 4.69) is 51.7 Å². The van der Waals surface area contributed by atoms with Crippen LogP contribution in [0.3, 0.4) is 0 Å². The van der Waals surface area contributed by atoms with Crippen LogP contribution in [0.1, 0.15) is 26.3 Å². The van der Waals surface area contributed by atoms with E-state index in [0.717, 1.165) is 33.6 Å². The van der Waals surface area contributed by atoms with Gasteiger partial charge in [0, 0.05) is 45.5 Å². The second-order valence-electron chi connectivity index (χ2n) is 10.0. The summed E-state index contributed by atoms with van der Waals surface area (Å²) in [5.74, 6) is 1.51. The molecule has 210 valence electrons. The minimum Gasteiger partial charge on any atom is -0.361 e. The summed E-state index contributed by atoms with van der Waals surface area (Å²) in [5, 5.41) is 11.4. The summed E-state index contributed by atoms with van der Waals surface area (Å²) < 4.78 is 0. The van der Waals surface area contributed by atoms with Crippen molar-refractivity contribution in [3.63, 3.8) is 0 Å². The van der Waals surface area contributed by atoms with E-state index in [9.17, 15) is 4.79 Å². The van der Waals surface area contributed by atoms with Crippen molar-refractivity contribution >= 4 is 57.5 Å². The van der Waals surface area contributed by atoms with Gasteiger partial charge in [-0.3, -0.25) is 9.78 Å². The van der Waals surface area contributed by atoms with Crippen molar-refractivity contribution in [2.75, 3.05) is 17.2 Å². The summed E-state index contributed by atoms with van der Waals surface area (Å²) >= 11 is 12.1. The van der Waals surface area contributed by atoms with Crippen LogP contribution in [0.4, 0.5) is 17.5 Å². The van der Waals surface area contributed by atoms with Crippen LogP contribution in [-0.4, -0.2) is 27.4 Å². The Labute approximate surface area is 250 Å². The van der Waals surface area contributed by atoms with Gasteiger partial charge in [-0.15, -0.1) is 0 Å². The van der Waals surface area contributed by atoms with E-state index in [4.69, 9.17) is 23.2 Å². The number of benzene rings is 3. The largest absolute Gasteiger partial charge is 0.361 e. The summed E-state index contributed by atoms with van der Waals surface area (Å²) in [7, 11) is 0. The third-order valence-corrected chi connectivity index (χ3v) is 6.01. The minimum atomic E-state index is -0.174. The third kappa shape index (κ3) is 9.45. The molecule has 0 spiro atoms. The first-order valence-electron chi connectivity index (χ1n) is 13.3. The molecule has 0 saturated heterocycles. The van der Waals surface area contributed by atoms with Crippen LogP contribution >= 0.6 is 23.2 Å². The Morgan fingerprint density at radius 1 is 0.854 bits per heavy atom. The van der Waals surface area contributed by atoms with E-state index in [1.807, 2.05) is 54.6 Å². The maximum absolute atomic E-state index is 12.5. The number of nitrogens with one attached hydrogen (secondary N) is 3. The molecule has 0 fully saturated rings. The first-order valence-corrected chi connectivity index (χ1v) is 14.0. The first-order chi connectivity index (χ1) is 19.7. The van der Waals surface area contributed by atoms with Crippen LogP contribution in [0.2, 0.25) is 10.0 Å². The molecule has 7 nitrogen and oxygen atoms in total. The lowest BCUT2D eigenvalue weighted by Gasteiger charge is -2.12. The van der Waals surface area contributed by atoms with Crippen LogP contribution in [-0.2, 0) is 11.3 Å². The normalized spacial score (nSPS) is 10.6. The van der Waals surface area contributed by atoms with E-state index in [1.54, 1.807) is 36.5 Å². The van der Waals surface area contributed by atoms with Crippen molar-refractivity contribution in [3.05, 3.63) is 107 Å². The average molecular weight is 588 g/mol. The summed E-state index contributed by atoms with van der Waals surface area (Å²) in [6.45, 7) is 6.94. The van der Waals surface area contributed by atoms with Gasteiger partial charge in [0.2, 0.25) is 11.9 Å². The van der Waals surface area contributed by atoms with E-state index < -0.39 is 0 Å². The molecular formula is C32H32Cl2N6O. The third-order valence-electron chi connectivity index (χ3n) is 5.53. The molecule has 9 heteroatoms. The van der Waals surface area contributed by atoms with Crippen LogP contribution < -0.4 is 16.0 Å². The number of rotatable bonds is 8. The highest BCUT2D eigenvalue weighted by Crippen LogP contribution is 2.26. The van der Waals surface area contributed by atoms with Crippen LogP contribution in [0, 0.1) is 5.92 Å². The van der Waals surface area contributed by atoms with Gasteiger partial charge in [0.25, 0.3) is 0 Å². The molecule has 5 rings (SSSR count). The fourth-order valence-electron chi connectivity index (χ4n) is 3.68. The van der Waals surface area contributed by atoms with Gasteiger partial charge in [0.05, 0.1) is 17.8 Å². The molecular weight excluding hydrogens is 555 g/mol. The van der Waals surface area contributed by atoms with Crippen molar-refractivity contribution in [2.24, 2.45) is 5.92 Å². The van der Waals surface area contributed by atoms with Gasteiger partial charge in [-0.05, 0) is 53.9 Å². The monoisotopic (exact) mass is 586 g/mol. The maximum Gasteiger partial charge on any atom is 0.239 e. The Bertz CT molecular complexity index is 1610. The molecule has 3 aromatic carbocycles. The zero-order valence-electron chi connectivity index (χ0n) is 23.2. The van der Waals surface area contributed by atoms with E-state index in [0.29, 0.717) is 34.1 Å². The summed E-state index contributed by atoms with van der Waals surface area (Å²) in [6, 6.07) is 26.3. The molecule has 0 radical (unpaired) electrons. The first kappa shape index (κ1) is 29.8. The Morgan fingerprint density at radius 3 is 2.37 bits per heavy atom. The Morgan fingerprint density at radius 2 is 1.61 bits per heavy atom. The second kappa shape index (κ2) is 14.4. The molecule has 0 atom stereocenters. The predicted octanol–water partition coefficient (Wildman–Crippen LogP) is 8.13. The number of aromatic nitrogens is 3. The molecule has 41 heavy (non-hydrogen) atoms. The molecule has 0 aliphatic heterocycles. The second-order valence-corrected chi connectivity index (χ2v) is 10.9. The molecule has 0 aliphatic rings. The molecule has 5 aromatic rings. The minimum absolute atomic E-state index is 0.0383. The SMILES string of the molecule is CC(C)C.O=C(CNc1cc(-c2cnc3ccccc3c2)nc(Nc2cccc(Cl)c2)n1)NCc1ccc(Cl)cc1. The predicted molar refractivity (Wildman–Crippen MR) is 170 cm³/mol. The smallest absolute Gasteiger partial charge is 0.239 e. The number of hydrogen-bond donors (Lipinski definition) is 3. The topological polar surface area (TPSA) is 91.8 Å². The van der Waals surface area contributed by atoms with Crippen molar-refractivity contribution < 1.29 is 4.79 Å². The Hall–Kier alpha value is -4.20. The number of anilines is 3. The highest BCUT2D eigenvalue weighted by molar-refractivity contribution is 6.31. The van der Waals surface area contributed by atoms with Gasteiger partial charge in [-0.2, -0.15) is 4.98 Å². The van der Waals surface area contributed by atoms with Crippen molar-refractivity contribution in [1.82, 2.24) is 20.3 Å². The lowest BCUT2D eigenvalue weighted by molar-refractivity contribution is -0.119. The van der Waals surface area contributed by atoms with Gasteiger partial charge in [-0.1, -0.05) is 80.4 Å². The summed E-state index contributed by atoms with van der Waals surface area (Å²) in [6.07, 6.45) is 1.77. The number of fused-ring (bicyclic) bond motifs is 1. The number of pyridine rings is 1. The number of carbonyl (C=O) groups excluding carboxylic acids is 1. The number of halogens is 2. The van der Waals surface area contributed by atoms with Crippen molar-refractivity contribution in [1.29, 1.82) is 0 Å². The van der Waals surface area contributed by atoms with Crippen molar-refractivity contribution in [3.8, 4) is 11.3 Å². The molecule has 3 N–H and O–H groups in total. The highest BCUT2D eigenvalue weighted by Gasteiger charge is 2.11. The van der Waals surface area contributed by atoms with Crippen LogP contribution in [0.15, 0.2) is 91.1 Å². The Kier molecular flexibility index (Phi) is 10.5. The molecule has 0 aliphatic carbocycles. The standard InChI is InChI=1S/C28H22Cl2N6O.C4H10/c29-21-10-8-18(9-11-21)15-33-27(37)17-32-26-14-25(20-12-19-4-1-2-7-24(19)31-16-20)35-28(36-26)34-23-6-3-5-22(30)13-23;1-4(2)3/h1-14,16H,15,17H2,(H,33,37)(H2,32,34,35,36);4H,1-3H3. The van der Waals surface area contributed by atoms with E-state index in [1.165, 1.54) is 0 Å². The molecule has 0 unspecified atom stereocenters. The zero-order chi connectivity index (χ0) is 29.2. The fraction of sp³-hybridized carbons (Fsp3) is 0.188. The number of nitrogens with zero attached hydrogens (tertiary/aromatic N) is 3. The van der Waals surface area contributed by atoms with E-state index in [-0.39, 0.29) is 12.5 Å². The summed E-state index contributed by atoms with van der Waals surface area (Å²) in [4.78, 5) is 26.3. The van der Waals surface area contributed by atoms with E-state index >= 15 is 0 Å². The van der Waals surface area contributed by atoms with Crippen LogP contribution in [0.5, 0.6) is 0 Å². The van der Waals surface area contributed by atoms with Gasteiger partial charge < -0.3 is 16.0 Å². The maximum atomic E-state index is 12.5. The number of carbonyl (C=O) groups is 1. The molecule has 1 amide bonds. The number of amides is 1. The molecule has 2 aromatic heterocycles. The number of hydrogen-bond acceptors (Lipinski definition) is 6. The van der Waals surface area contributed by atoms with Gasteiger partial charge in [0.1, 0.15) is 5.82 Å². The molecule has 2 heterocycles. The number of para-hydroxylation sites is 1. The lowest BCUT2D eigenvalue weighted by atomic mass is 10.1. The highest BCUT2D eigenvalue weighted by atomic mass is 35.5. The average Bonchev–Trinajstić information content (AvgIpc) is 2.95. The molecule has 0 saturated carbocycles. The quantitative estimate of drug-likeness (QED) is 0.170. The van der Waals surface area contributed by atoms with Gasteiger partial charge in [0.15, 0.2) is 0 Å². The fourth-order valence-corrected chi connectivity index (χ4v) is 4.00. The van der Waals surface area contributed by atoms with Gasteiger partial charge in [-0.25, -0.2) is 4.98 Å². The Balaban J connectivity index is 0.000000909. The van der Waals surface area contributed by atoms with Crippen LogP contribution in [0.25, 0.3) is 22.2 Å². The zero-order valence-corrected chi connectivity index (χ0v) is 24.7. The lowest BCUT2D eigenvalue weighted by Crippen LogP contribution is -2.29. The molecule has 0 bridgehead atoms. The van der Waals surface area contributed by atoms with Crippen molar-refractivity contribution in [2.45, 2.75) is 27.3 Å². The van der Waals surface area contributed by atoms with Gasteiger partial charge >= 0.3 is 0 Å². The summed E-state index contributed by atoms with van der Waals surface area (Å²) in [5.41, 5.74) is 4.08.